The Balaban J connectivity index is 1.97. The molecule has 1 aromatic carbocycles. The van der Waals surface area contributed by atoms with Gasteiger partial charge >= 0.3 is 5.97 Å². The minimum atomic E-state index is -3.66. The third kappa shape index (κ3) is 3.05. The van der Waals surface area contributed by atoms with E-state index in [0.29, 0.717) is 19.7 Å². The maximum Gasteiger partial charge on any atom is 0.312 e. The minimum absolute atomic E-state index is 0.0821. The van der Waals surface area contributed by atoms with Gasteiger partial charge in [0.25, 0.3) is 0 Å². The van der Waals surface area contributed by atoms with Gasteiger partial charge in [-0.15, -0.1) is 0 Å². The van der Waals surface area contributed by atoms with Crippen LogP contribution in [-0.4, -0.2) is 34.1 Å². The minimum Gasteiger partial charge on any atom is -0.466 e. The number of ether oxygens (including phenoxy) is 1. The molecule has 0 saturated carbocycles. The van der Waals surface area contributed by atoms with Crippen molar-refractivity contribution in [3.63, 3.8) is 0 Å². The van der Waals surface area contributed by atoms with E-state index in [4.69, 9.17) is 9.88 Å². The first kappa shape index (κ1) is 13.8. The lowest BCUT2D eigenvalue weighted by atomic mass is 9.99. The molecule has 1 fully saturated rings. The van der Waals surface area contributed by atoms with Gasteiger partial charge in [0.15, 0.2) is 0 Å². The molecule has 0 spiro atoms. The molecule has 104 valence electrons. The number of hydrogen-bond donors (Lipinski definition) is 1. The van der Waals surface area contributed by atoms with E-state index in [0.717, 1.165) is 5.69 Å². The topological polar surface area (TPSA) is 89.7 Å². The van der Waals surface area contributed by atoms with Crippen LogP contribution in [0.1, 0.15) is 6.92 Å². The molecular formula is C12H16N2O4S. The van der Waals surface area contributed by atoms with E-state index >= 15 is 0 Å². The van der Waals surface area contributed by atoms with Crippen LogP contribution in [0.4, 0.5) is 5.69 Å². The maximum absolute atomic E-state index is 11.4. The molecule has 2 rings (SSSR count). The molecule has 0 aliphatic carbocycles. The standard InChI is InChI=1S/C12H16N2O4S/c1-2-18-12(15)9-7-14(8-9)10-3-5-11(6-4-10)19(13,16)17/h3-6,9H,2,7-8H2,1H3,(H2,13,16,17). The fraction of sp³-hybridized carbons (Fsp3) is 0.417. The van der Waals surface area contributed by atoms with Crippen LogP contribution in [-0.2, 0) is 19.6 Å². The van der Waals surface area contributed by atoms with Crippen LogP contribution in [0.3, 0.4) is 0 Å². The van der Waals surface area contributed by atoms with Crippen LogP contribution in [0.5, 0.6) is 0 Å². The van der Waals surface area contributed by atoms with Gasteiger partial charge in [0.1, 0.15) is 0 Å². The van der Waals surface area contributed by atoms with Crippen molar-refractivity contribution in [2.75, 3.05) is 24.6 Å². The van der Waals surface area contributed by atoms with E-state index in [1.165, 1.54) is 12.1 Å². The zero-order valence-electron chi connectivity index (χ0n) is 10.6. The fourth-order valence-corrected chi connectivity index (χ4v) is 2.46. The van der Waals surface area contributed by atoms with Crippen LogP contribution in [0.15, 0.2) is 29.2 Å². The SMILES string of the molecule is CCOC(=O)C1CN(c2ccc(S(N)(=O)=O)cc2)C1. The van der Waals surface area contributed by atoms with Crippen molar-refractivity contribution in [2.24, 2.45) is 11.1 Å². The molecule has 0 bridgehead atoms. The highest BCUT2D eigenvalue weighted by molar-refractivity contribution is 7.89. The Hall–Kier alpha value is -1.60. The number of benzene rings is 1. The predicted molar refractivity (Wildman–Crippen MR) is 70.2 cm³/mol. The van der Waals surface area contributed by atoms with Crippen LogP contribution < -0.4 is 10.0 Å². The highest BCUT2D eigenvalue weighted by Gasteiger charge is 2.33. The molecule has 1 aliphatic heterocycles. The summed E-state index contributed by atoms with van der Waals surface area (Å²) in [6.45, 7) is 3.35. The Morgan fingerprint density at radius 1 is 1.37 bits per heavy atom. The van der Waals surface area contributed by atoms with Crippen molar-refractivity contribution in [1.82, 2.24) is 0 Å². The zero-order valence-corrected chi connectivity index (χ0v) is 11.4. The van der Waals surface area contributed by atoms with Crippen molar-refractivity contribution in [3.05, 3.63) is 24.3 Å². The molecule has 7 heteroatoms. The van der Waals surface area contributed by atoms with E-state index in [9.17, 15) is 13.2 Å². The Labute approximate surface area is 112 Å². The first-order chi connectivity index (χ1) is 8.91. The van der Waals surface area contributed by atoms with Crippen molar-refractivity contribution in [2.45, 2.75) is 11.8 Å². The molecule has 6 nitrogen and oxygen atoms in total. The molecule has 19 heavy (non-hydrogen) atoms. The number of nitrogens with zero attached hydrogens (tertiary/aromatic N) is 1. The summed E-state index contributed by atoms with van der Waals surface area (Å²) >= 11 is 0. The quantitative estimate of drug-likeness (QED) is 0.805. The normalized spacial score (nSPS) is 16.0. The van der Waals surface area contributed by atoms with Crippen molar-refractivity contribution < 1.29 is 17.9 Å². The molecule has 1 aromatic rings. The first-order valence-corrected chi connectivity index (χ1v) is 7.51. The Morgan fingerprint density at radius 3 is 2.42 bits per heavy atom. The number of esters is 1. The highest BCUT2D eigenvalue weighted by atomic mass is 32.2. The van der Waals surface area contributed by atoms with Gasteiger partial charge in [-0.2, -0.15) is 0 Å². The van der Waals surface area contributed by atoms with Gasteiger partial charge in [-0.3, -0.25) is 4.79 Å². The number of nitrogens with two attached hydrogens (primary N) is 1. The third-order valence-electron chi connectivity index (χ3n) is 3.03. The number of carbonyl (C=O) groups is 1. The molecular weight excluding hydrogens is 268 g/mol. The maximum atomic E-state index is 11.4. The van der Waals surface area contributed by atoms with Gasteiger partial charge in [0.05, 0.1) is 17.4 Å². The average Bonchev–Trinajstić information content (AvgIpc) is 2.27. The monoisotopic (exact) mass is 284 g/mol. The number of primary sulfonamides is 1. The first-order valence-electron chi connectivity index (χ1n) is 5.96. The van der Waals surface area contributed by atoms with Gasteiger partial charge in [-0.25, -0.2) is 13.6 Å². The molecule has 1 saturated heterocycles. The second-order valence-corrected chi connectivity index (χ2v) is 5.95. The number of sulfonamides is 1. The van der Waals surface area contributed by atoms with Gasteiger partial charge in [-0.1, -0.05) is 0 Å². The van der Waals surface area contributed by atoms with Crippen LogP contribution in [0.25, 0.3) is 0 Å². The van der Waals surface area contributed by atoms with Gasteiger partial charge < -0.3 is 9.64 Å². The second-order valence-electron chi connectivity index (χ2n) is 4.39. The predicted octanol–water partition coefficient (Wildman–Crippen LogP) is 0.333. The molecule has 2 N–H and O–H groups in total. The Kier molecular flexibility index (Phi) is 3.77. The van der Waals surface area contributed by atoms with Crippen LogP contribution in [0.2, 0.25) is 0 Å². The van der Waals surface area contributed by atoms with Gasteiger partial charge in [0, 0.05) is 18.8 Å². The smallest absolute Gasteiger partial charge is 0.312 e. The van der Waals surface area contributed by atoms with Gasteiger partial charge in [0.2, 0.25) is 10.0 Å². The summed E-state index contributed by atoms with van der Waals surface area (Å²) in [6.07, 6.45) is 0. The van der Waals surface area contributed by atoms with E-state index in [1.807, 2.05) is 4.90 Å². The van der Waals surface area contributed by atoms with E-state index in [2.05, 4.69) is 0 Å². The van der Waals surface area contributed by atoms with Crippen molar-refractivity contribution in [1.29, 1.82) is 0 Å². The summed E-state index contributed by atoms with van der Waals surface area (Å²) in [5.41, 5.74) is 0.868. The summed E-state index contributed by atoms with van der Waals surface area (Å²) in [6, 6.07) is 6.28. The van der Waals surface area contributed by atoms with Crippen LogP contribution in [0, 0.1) is 5.92 Å². The summed E-state index contributed by atoms with van der Waals surface area (Å²) in [5, 5.41) is 5.02. The lowest BCUT2D eigenvalue weighted by molar-refractivity contribution is -0.148. The molecule has 0 atom stereocenters. The van der Waals surface area contributed by atoms with E-state index in [1.54, 1.807) is 19.1 Å². The number of rotatable bonds is 4. The summed E-state index contributed by atoms with van der Waals surface area (Å²) in [4.78, 5) is 13.5. The van der Waals surface area contributed by atoms with E-state index in [-0.39, 0.29) is 16.8 Å². The van der Waals surface area contributed by atoms with E-state index < -0.39 is 10.0 Å². The lowest BCUT2D eigenvalue weighted by Gasteiger charge is -2.39. The van der Waals surface area contributed by atoms with Crippen LogP contribution >= 0.6 is 0 Å². The third-order valence-corrected chi connectivity index (χ3v) is 3.96. The number of anilines is 1. The number of carbonyl (C=O) groups excluding carboxylic acids is 1. The highest BCUT2D eigenvalue weighted by Crippen LogP contribution is 2.26. The lowest BCUT2D eigenvalue weighted by Crippen LogP contribution is -2.51. The summed E-state index contributed by atoms with van der Waals surface area (Å²) < 4.78 is 27.2. The molecule has 0 aromatic heterocycles. The summed E-state index contributed by atoms with van der Waals surface area (Å²) in [5.74, 6) is -0.280. The van der Waals surface area contributed by atoms with Crippen molar-refractivity contribution >= 4 is 21.7 Å². The zero-order chi connectivity index (χ0) is 14.0. The summed E-state index contributed by atoms with van der Waals surface area (Å²) in [7, 11) is -3.66. The molecule has 1 heterocycles. The number of hydrogen-bond acceptors (Lipinski definition) is 5. The largest absolute Gasteiger partial charge is 0.466 e. The Morgan fingerprint density at radius 2 is 1.95 bits per heavy atom. The second kappa shape index (κ2) is 5.18. The molecule has 0 unspecified atom stereocenters. The van der Waals surface area contributed by atoms with Crippen molar-refractivity contribution in [3.8, 4) is 0 Å². The molecule has 1 aliphatic rings. The van der Waals surface area contributed by atoms with Gasteiger partial charge in [-0.05, 0) is 31.2 Å². The molecule has 0 radical (unpaired) electrons. The fourth-order valence-electron chi connectivity index (χ4n) is 1.95. The average molecular weight is 284 g/mol. The Bertz CT molecular complexity index is 562. The molecule has 0 amide bonds.